The van der Waals surface area contributed by atoms with Crippen LogP contribution >= 0.6 is 11.7 Å². The molecule has 1 aromatic heterocycles. The van der Waals surface area contributed by atoms with Crippen LogP contribution < -0.4 is 15.6 Å². The second-order valence-corrected chi connectivity index (χ2v) is 7.35. The van der Waals surface area contributed by atoms with Gasteiger partial charge in [0.25, 0.3) is 0 Å². The topological polar surface area (TPSA) is 79.4 Å². The standard InChI is InChI=1S/C19H20FN5O2S/c1-25(10-12-5-6-16-17(7-12)24-28-23-16)19(26)18-9-14(21-22-18)11-27-15-4-2-3-13(20)8-15/h2-8,14,18,21-22H,9-11H2,1H3. The van der Waals surface area contributed by atoms with Crippen molar-refractivity contribution in [2.24, 2.45) is 0 Å². The van der Waals surface area contributed by atoms with Crippen molar-refractivity contribution in [2.45, 2.75) is 25.0 Å². The van der Waals surface area contributed by atoms with Crippen molar-refractivity contribution < 1.29 is 13.9 Å². The number of hydrogen-bond donors (Lipinski definition) is 2. The number of hydrogen-bond acceptors (Lipinski definition) is 7. The number of rotatable bonds is 6. The third kappa shape index (κ3) is 4.27. The van der Waals surface area contributed by atoms with Crippen molar-refractivity contribution in [3.05, 3.63) is 53.8 Å². The zero-order valence-corrected chi connectivity index (χ0v) is 16.1. The molecule has 2 unspecified atom stereocenters. The summed E-state index contributed by atoms with van der Waals surface area (Å²) in [5.74, 6) is 0.133. The maximum atomic E-state index is 13.2. The maximum absolute atomic E-state index is 13.2. The number of amides is 1. The van der Waals surface area contributed by atoms with Crippen molar-refractivity contribution in [2.75, 3.05) is 13.7 Å². The summed E-state index contributed by atoms with van der Waals surface area (Å²) in [6, 6.07) is 11.5. The van der Waals surface area contributed by atoms with E-state index in [9.17, 15) is 9.18 Å². The lowest BCUT2D eigenvalue weighted by atomic mass is 10.1. The lowest BCUT2D eigenvalue weighted by molar-refractivity contribution is -0.132. The molecule has 0 aliphatic carbocycles. The number of nitrogens with one attached hydrogen (secondary N) is 2. The van der Waals surface area contributed by atoms with Gasteiger partial charge in [-0.25, -0.2) is 9.82 Å². The molecule has 2 atom stereocenters. The molecule has 1 amide bonds. The monoisotopic (exact) mass is 401 g/mol. The number of carbonyl (C=O) groups is 1. The lowest BCUT2D eigenvalue weighted by Gasteiger charge is -2.21. The first-order valence-electron chi connectivity index (χ1n) is 8.94. The van der Waals surface area contributed by atoms with Gasteiger partial charge < -0.3 is 9.64 Å². The Labute approximate surface area is 165 Å². The molecule has 4 rings (SSSR count). The first-order chi connectivity index (χ1) is 13.6. The zero-order chi connectivity index (χ0) is 19.5. The minimum Gasteiger partial charge on any atom is -0.492 e. The Balaban J connectivity index is 1.29. The van der Waals surface area contributed by atoms with Gasteiger partial charge in [0.15, 0.2) is 0 Å². The van der Waals surface area contributed by atoms with Crippen LogP contribution in [-0.2, 0) is 11.3 Å². The van der Waals surface area contributed by atoms with Crippen LogP contribution in [0.5, 0.6) is 5.75 Å². The van der Waals surface area contributed by atoms with Crippen LogP contribution in [0.4, 0.5) is 4.39 Å². The van der Waals surface area contributed by atoms with Gasteiger partial charge >= 0.3 is 0 Å². The highest BCUT2D eigenvalue weighted by molar-refractivity contribution is 7.00. The molecular formula is C19H20FN5O2S. The number of likely N-dealkylation sites (N-methyl/N-ethyl adjacent to an activating group) is 1. The Bertz CT molecular complexity index is 982. The number of aromatic nitrogens is 2. The Morgan fingerprint density at radius 2 is 2.11 bits per heavy atom. The summed E-state index contributed by atoms with van der Waals surface area (Å²) in [7, 11) is 1.78. The fourth-order valence-electron chi connectivity index (χ4n) is 3.19. The molecule has 1 fully saturated rings. The summed E-state index contributed by atoms with van der Waals surface area (Å²) >= 11 is 1.18. The van der Waals surface area contributed by atoms with Gasteiger partial charge in [-0.3, -0.25) is 10.2 Å². The van der Waals surface area contributed by atoms with Gasteiger partial charge in [-0.2, -0.15) is 8.75 Å². The molecule has 28 heavy (non-hydrogen) atoms. The molecule has 0 spiro atoms. The van der Waals surface area contributed by atoms with Gasteiger partial charge in [-0.15, -0.1) is 0 Å². The third-order valence-electron chi connectivity index (χ3n) is 4.64. The first kappa shape index (κ1) is 18.7. The molecule has 1 aliphatic heterocycles. The van der Waals surface area contributed by atoms with Crippen LogP contribution in [0, 0.1) is 5.82 Å². The molecule has 2 N–H and O–H groups in total. The van der Waals surface area contributed by atoms with Gasteiger partial charge in [0, 0.05) is 19.7 Å². The summed E-state index contributed by atoms with van der Waals surface area (Å²) in [5, 5.41) is 0. The van der Waals surface area contributed by atoms with Crippen molar-refractivity contribution in [1.82, 2.24) is 24.5 Å². The molecule has 0 bridgehead atoms. The average molecular weight is 401 g/mol. The highest BCUT2D eigenvalue weighted by Crippen LogP contribution is 2.17. The molecule has 1 aliphatic rings. The number of hydrazine groups is 1. The highest BCUT2D eigenvalue weighted by atomic mass is 32.1. The van der Waals surface area contributed by atoms with Crippen molar-refractivity contribution >= 4 is 28.7 Å². The van der Waals surface area contributed by atoms with E-state index in [-0.39, 0.29) is 23.8 Å². The van der Waals surface area contributed by atoms with E-state index in [2.05, 4.69) is 19.6 Å². The Hall–Kier alpha value is -2.62. The lowest BCUT2D eigenvalue weighted by Crippen LogP contribution is -2.44. The van der Waals surface area contributed by atoms with Gasteiger partial charge in [0.1, 0.15) is 35.2 Å². The normalized spacial score (nSPS) is 19.1. The summed E-state index contributed by atoms with van der Waals surface area (Å²) in [5.41, 5.74) is 8.83. The highest BCUT2D eigenvalue weighted by Gasteiger charge is 2.31. The molecule has 0 radical (unpaired) electrons. The van der Waals surface area contributed by atoms with Gasteiger partial charge in [0.2, 0.25) is 5.91 Å². The van der Waals surface area contributed by atoms with Gasteiger partial charge in [-0.1, -0.05) is 12.1 Å². The van der Waals surface area contributed by atoms with Gasteiger partial charge in [0.05, 0.1) is 17.8 Å². The second kappa shape index (κ2) is 8.17. The Kier molecular flexibility index (Phi) is 5.47. The Morgan fingerprint density at radius 3 is 2.96 bits per heavy atom. The summed E-state index contributed by atoms with van der Waals surface area (Å²) < 4.78 is 27.2. The molecule has 2 aromatic carbocycles. The molecule has 1 saturated heterocycles. The number of nitrogens with zero attached hydrogens (tertiary/aromatic N) is 3. The first-order valence-corrected chi connectivity index (χ1v) is 9.67. The summed E-state index contributed by atoms with van der Waals surface area (Å²) in [6.07, 6.45) is 0.591. The second-order valence-electron chi connectivity index (χ2n) is 6.82. The fourth-order valence-corrected chi connectivity index (χ4v) is 3.71. The zero-order valence-electron chi connectivity index (χ0n) is 15.3. The van der Waals surface area contributed by atoms with Gasteiger partial charge in [-0.05, 0) is 36.2 Å². The largest absolute Gasteiger partial charge is 0.492 e. The molecule has 0 saturated carbocycles. The van der Waals surface area contributed by atoms with Crippen molar-refractivity contribution in [3.63, 3.8) is 0 Å². The molecule has 9 heteroatoms. The SMILES string of the molecule is CN(Cc1ccc2nsnc2c1)C(=O)C1CC(COc2cccc(F)c2)NN1. The van der Waals surface area contributed by atoms with Crippen LogP contribution in [0.2, 0.25) is 0 Å². The molecular weight excluding hydrogens is 381 g/mol. The van der Waals surface area contributed by atoms with E-state index in [1.165, 1.54) is 23.9 Å². The number of carbonyl (C=O) groups excluding carboxylic acids is 1. The van der Waals surface area contributed by atoms with Crippen molar-refractivity contribution in [3.8, 4) is 5.75 Å². The van der Waals surface area contributed by atoms with E-state index >= 15 is 0 Å². The Morgan fingerprint density at radius 1 is 1.25 bits per heavy atom. The molecule has 2 heterocycles. The number of fused-ring (bicyclic) bond motifs is 1. The van der Waals surface area contributed by atoms with Crippen molar-refractivity contribution in [1.29, 1.82) is 0 Å². The van der Waals surface area contributed by atoms with E-state index in [4.69, 9.17) is 4.74 Å². The predicted octanol–water partition coefficient (Wildman–Crippen LogP) is 2.10. The number of ether oxygens (including phenoxy) is 1. The summed E-state index contributed by atoms with van der Waals surface area (Å²) in [6.45, 7) is 0.840. The summed E-state index contributed by atoms with van der Waals surface area (Å²) in [4.78, 5) is 14.4. The molecule has 7 nitrogen and oxygen atoms in total. The predicted molar refractivity (Wildman–Crippen MR) is 104 cm³/mol. The van der Waals surface area contributed by atoms with E-state index in [1.54, 1.807) is 24.1 Å². The fraction of sp³-hybridized carbons (Fsp3) is 0.316. The minimum atomic E-state index is -0.337. The third-order valence-corrected chi connectivity index (χ3v) is 5.20. The number of benzene rings is 2. The van der Waals surface area contributed by atoms with E-state index < -0.39 is 0 Å². The average Bonchev–Trinajstić information content (AvgIpc) is 3.35. The number of halogens is 1. The smallest absolute Gasteiger partial charge is 0.241 e. The van der Waals surface area contributed by atoms with E-state index in [0.29, 0.717) is 25.3 Å². The van der Waals surface area contributed by atoms with Crippen LogP contribution in [0.1, 0.15) is 12.0 Å². The van der Waals surface area contributed by atoms with Crippen LogP contribution in [0.25, 0.3) is 11.0 Å². The molecule has 146 valence electrons. The van der Waals surface area contributed by atoms with Crippen LogP contribution in [-0.4, -0.2) is 45.3 Å². The minimum absolute atomic E-state index is 0.00254. The van der Waals surface area contributed by atoms with Crippen LogP contribution in [0.3, 0.4) is 0 Å². The quantitative estimate of drug-likeness (QED) is 0.659. The van der Waals surface area contributed by atoms with E-state index in [1.807, 2.05) is 18.2 Å². The van der Waals surface area contributed by atoms with Crippen LogP contribution in [0.15, 0.2) is 42.5 Å². The molecule has 3 aromatic rings. The maximum Gasteiger partial charge on any atom is 0.241 e. The van der Waals surface area contributed by atoms with E-state index in [0.717, 1.165) is 16.6 Å².